The van der Waals surface area contributed by atoms with Crippen LogP contribution in [0.25, 0.3) is 16.9 Å². The number of fused-ring (bicyclic) bond motifs is 1. The Kier molecular flexibility index (Phi) is 5.98. The number of aliphatic hydroxyl groups is 1. The number of hydrogen-bond donors (Lipinski definition) is 2. The number of carbonyl (C=O) groups is 1. The number of primary amides is 1. The minimum Gasteiger partial charge on any atom is -0.391 e. The first-order valence-corrected chi connectivity index (χ1v) is 11.9. The molecule has 194 valence electrons. The van der Waals surface area contributed by atoms with Gasteiger partial charge in [-0.3, -0.25) is 9.69 Å². The number of aromatic nitrogens is 2. The number of halogens is 3. The van der Waals surface area contributed by atoms with Gasteiger partial charge in [0, 0.05) is 36.4 Å². The van der Waals surface area contributed by atoms with Gasteiger partial charge in [-0.1, -0.05) is 17.2 Å². The van der Waals surface area contributed by atoms with E-state index in [1.54, 1.807) is 4.90 Å². The number of aryl methyl sites for hydroxylation is 2. The molecule has 0 spiro atoms. The number of rotatable bonds is 3. The molecule has 11 heteroatoms. The Morgan fingerprint density at radius 1 is 1.11 bits per heavy atom. The second-order valence-corrected chi connectivity index (χ2v) is 9.60. The SMILES string of the molecule is Cc1cc(C)cc(-c2nn(-c3cc(N4CC[C@H](O)C4)ccc3C(F)(F)F)c(=O)c3c2CCN3C(N)=O)c1. The lowest BCUT2D eigenvalue weighted by Gasteiger charge is -2.22. The van der Waals surface area contributed by atoms with Crippen LogP contribution in [0.5, 0.6) is 0 Å². The molecule has 8 nitrogen and oxygen atoms in total. The van der Waals surface area contributed by atoms with Crippen LogP contribution in [0.4, 0.5) is 29.3 Å². The molecule has 3 aromatic rings. The fraction of sp³-hybridized carbons (Fsp3) is 0.346. The van der Waals surface area contributed by atoms with Crippen LogP contribution in [0.3, 0.4) is 0 Å². The summed E-state index contributed by atoms with van der Waals surface area (Å²) in [5, 5.41) is 14.4. The molecule has 1 aromatic heterocycles. The number of nitrogens with zero attached hydrogens (tertiary/aromatic N) is 4. The van der Waals surface area contributed by atoms with Crippen LogP contribution in [0, 0.1) is 13.8 Å². The first kappa shape index (κ1) is 24.8. The molecule has 2 amide bonds. The quantitative estimate of drug-likeness (QED) is 0.558. The summed E-state index contributed by atoms with van der Waals surface area (Å²) in [5.41, 5.74) is 6.79. The Bertz CT molecular complexity index is 1450. The number of hydrogen-bond acceptors (Lipinski definition) is 5. The molecule has 0 radical (unpaired) electrons. The predicted molar refractivity (Wildman–Crippen MR) is 133 cm³/mol. The standard InChI is InChI=1S/C26H26F3N5O3/c1-14-9-15(2)11-16(10-14)22-19-6-8-33(25(30)37)23(19)24(36)34(31-22)21-12-17(32-7-5-18(35)13-32)3-4-20(21)26(27,28)29/h3-4,9-12,18,35H,5-8,13H2,1-2H3,(H2,30,37)/t18-/m0/s1. The lowest BCUT2D eigenvalue weighted by Crippen LogP contribution is -2.39. The zero-order chi connectivity index (χ0) is 26.6. The minimum absolute atomic E-state index is 0.0632. The summed E-state index contributed by atoms with van der Waals surface area (Å²) in [6.45, 7) is 4.62. The molecule has 0 aliphatic carbocycles. The van der Waals surface area contributed by atoms with Crippen molar-refractivity contribution in [2.45, 2.75) is 39.0 Å². The number of anilines is 2. The molecule has 1 atom stereocenters. The molecular formula is C26H26F3N5O3. The number of aliphatic hydroxyl groups excluding tert-OH is 1. The molecular weight excluding hydrogens is 487 g/mol. The van der Waals surface area contributed by atoms with E-state index < -0.39 is 35.1 Å². The summed E-state index contributed by atoms with van der Waals surface area (Å²) < 4.78 is 43.2. The third-order valence-corrected chi connectivity index (χ3v) is 6.83. The van der Waals surface area contributed by atoms with Crippen LogP contribution in [0.15, 0.2) is 41.2 Å². The minimum atomic E-state index is -4.78. The van der Waals surface area contributed by atoms with Crippen LogP contribution in [-0.4, -0.2) is 46.7 Å². The Morgan fingerprint density at radius 3 is 2.41 bits per heavy atom. The first-order chi connectivity index (χ1) is 17.4. The van der Waals surface area contributed by atoms with E-state index >= 15 is 0 Å². The van der Waals surface area contributed by atoms with Gasteiger partial charge in [-0.2, -0.15) is 23.0 Å². The van der Waals surface area contributed by atoms with E-state index in [0.29, 0.717) is 41.9 Å². The molecule has 2 aliphatic rings. The monoisotopic (exact) mass is 513 g/mol. The average molecular weight is 514 g/mol. The Labute approximate surface area is 210 Å². The van der Waals surface area contributed by atoms with Crippen LogP contribution in [0.1, 0.15) is 28.7 Å². The highest BCUT2D eigenvalue weighted by Crippen LogP contribution is 2.38. The van der Waals surface area contributed by atoms with Crippen LogP contribution < -0.4 is 21.1 Å². The molecule has 3 N–H and O–H groups in total. The molecule has 5 rings (SSSR count). The number of carbonyl (C=O) groups excluding carboxylic acids is 1. The summed E-state index contributed by atoms with van der Waals surface area (Å²) in [6, 6.07) is 8.26. The number of benzene rings is 2. The van der Waals surface area contributed by atoms with Crippen molar-refractivity contribution in [3.8, 4) is 16.9 Å². The number of β-amino-alcohol motifs (C(OH)–C–C–N with tert-alkyl or cyclic N) is 1. The normalized spacial score (nSPS) is 17.4. The predicted octanol–water partition coefficient (Wildman–Crippen LogP) is 3.55. The fourth-order valence-electron chi connectivity index (χ4n) is 5.23. The maximum atomic E-state index is 14.2. The van der Waals surface area contributed by atoms with Crippen LogP contribution >= 0.6 is 0 Å². The van der Waals surface area contributed by atoms with Gasteiger partial charge >= 0.3 is 12.2 Å². The summed E-state index contributed by atoms with van der Waals surface area (Å²) in [7, 11) is 0. The molecule has 1 saturated heterocycles. The topological polar surface area (TPSA) is 105 Å². The average Bonchev–Trinajstić information content (AvgIpc) is 3.45. The van der Waals surface area contributed by atoms with E-state index in [0.717, 1.165) is 26.8 Å². The molecule has 1 fully saturated rings. The highest BCUT2D eigenvalue weighted by atomic mass is 19.4. The van der Waals surface area contributed by atoms with Gasteiger partial charge in [-0.15, -0.1) is 0 Å². The van der Waals surface area contributed by atoms with Gasteiger partial charge in [0.05, 0.1) is 23.0 Å². The molecule has 0 saturated carbocycles. The third-order valence-electron chi connectivity index (χ3n) is 6.83. The van der Waals surface area contributed by atoms with Gasteiger partial charge in [-0.25, -0.2) is 4.79 Å². The third kappa shape index (κ3) is 4.43. The number of nitrogens with two attached hydrogens (primary N) is 1. The Morgan fingerprint density at radius 2 is 1.81 bits per heavy atom. The summed E-state index contributed by atoms with van der Waals surface area (Å²) in [4.78, 5) is 28.7. The first-order valence-electron chi connectivity index (χ1n) is 11.9. The van der Waals surface area contributed by atoms with Gasteiger partial charge in [0.15, 0.2) is 0 Å². The van der Waals surface area contributed by atoms with Crippen molar-refractivity contribution in [2.24, 2.45) is 5.73 Å². The lowest BCUT2D eigenvalue weighted by molar-refractivity contribution is -0.137. The van der Waals surface area contributed by atoms with Crippen molar-refractivity contribution in [3.05, 3.63) is 69.0 Å². The second-order valence-electron chi connectivity index (χ2n) is 9.60. The maximum absolute atomic E-state index is 14.2. The van der Waals surface area contributed by atoms with Gasteiger partial charge in [-0.05, 0) is 57.0 Å². The molecule has 37 heavy (non-hydrogen) atoms. The van der Waals surface area contributed by atoms with Gasteiger partial charge in [0.1, 0.15) is 5.69 Å². The van der Waals surface area contributed by atoms with Crippen molar-refractivity contribution in [1.29, 1.82) is 0 Å². The zero-order valence-corrected chi connectivity index (χ0v) is 20.3. The number of amides is 2. The Hall–Kier alpha value is -3.86. The molecule has 2 aromatic carbocycles. The van der Waals surface area contributed by atoms with Gasteiger partial charge < -0.3 is 15.7 Å². The highest BCUT2D eigenvalue weighted by Gasteiger charge is 2.37. The number of urea groups is 1. The fourth-order valence-corrected chi connectivity index (χ4v) is 5.23. The highest BCUT2D eigenvalue weighted by molar-refractivity contribution is 5.94. The van der Waals surface area contributed by atoms with Crippen molar-refractivity contribution < 1.29 is 23.1 Å². The summed E-state index contributed by atoms with van der Waals surface area (Å²) in [5.74, 6) is 0. The van der Waals surface area contributed by atoms with Crippen molar-refractivity contribution in [1.82, 2.24) is 9.78 Å². The van der Waals surface area contributed by atoms with Gasteiger partial charge in [0.2, 0.25) is 0 Å². The van der Waals surface area contributed by atoms with E-state index in [1.807, 2.05) is 32.0 Å². The van der Waals surface area contributed by atoms with Crippen molar-refractivity contribution in [2.75, 3.05) is 29.4 Å². The molecule has 3 heterocycles. The van der Waals surface area contributed by atoms with E-state index in [1.165, 1.54) is 12.1 Å². The Balaban J connectivity index is 1.81. The van der Waals surface area contributed by atoms with Crippen molar-refractivity contribution >= 4 is 17.4 Å². The summed E-state index contributed by atoms with van der Waals surface area (Å²) >= 11 is 0. The van der Waals surface area contributed by atoms with Crippen molar-refractivity contribution in [3.63, 3.8) is 0 Å². The number of alkyl halides is 3. The molecule has 0 bridgehead atoms. The van der Waals surface area contributed by atoms with E-state index in [2.05, 4.69) is 5.10 Å². The van der Waals surface area contributed by atoms with E-state index in [4.69, 9.17) is 5.73 Å². The van der Waals surface area contributed by atoms with Gasteiger partial charge in [0.25, 0.3) is 5.56 Å². The molecule has 0 unspecified atom stereocenters. The second kappa shape index (κ2) is 8.91. The van der Waals surface area contributed by atoms with Crippen LogP contribution in [0.2, 0.25) is 0 Å². The van der Waals surface area contributed by atoms with E-state index in [-0.39, 0.29) is 18.8 Å². The van der Waals surface area contributed by atoms with E-state index in [9.17, 15) is 27.9 Å². The largest absolute Gasteiger partial charge is 0.418 e. The zero-order valence-electron chi connectivity index (χ0n) is 20.3. The maximum Gasteiger partial charge on any atom is 0.418 e. The summed E-state index contributed by atoms with van der Waals surface area (Å²) in [6.07, 6.45) is -4.59. The lowest BCUT2D eigenvalue weighted by atomic mass is 10.0. The smallest absolute Gasteiger partial charge is 0.391 e. The molecule has 2 aliphatic heterocycles. The van der Waals surface area contributed by atoms with Crippen LogP contribution in [-0.2, 0) is 12.6 Å².